The molecule has 2 heterocycles. The average Bonchev–Trinajstić information content (AvgIpc) is 2.74. The maximum Gasteiger partial charge on any atom is 0.337 e. The summed E-state index contributed by atoms with van der Waals surface area (Å²) in [5.41, 5.74) is 5.40. The number of hydrogen-bond donors (Lipinski definition) is 3. The number of carbonyl (C=O) groups is 3. The summed E-state index contributed by atoms with van der Waals surface area (Å²) in [6, 6.07) is 5.46. The largest absolute Gasteiger partial charge is 0.478 e. The molecule has 0 saturated carbocycles. The number of rotatable bonds is 2. The Morgan fingerprint density at radius 1 is 1.22 bits per heavy atom. The van der Waals surface area contributed by atoms with E-state index in [1.165, 1.54) is 12.1 Å². The molecular weight excluding hydrogens is 302 g/mol. The predicted molar refractivity (Wildman–Crippen MR) is 79.9 cm³/mol. The second kappa shape index (κ2) is 4.80. The molecule has 4 N–H and O–H groups in total. The van der Waals surface area contributed by atoms with Crippen molar-refractivity contribution in [1.29, 1.82) is 0 Å². The van der Waals surface area contributed by atoms with Crippen molar-refractivity contribution in [2.45, 2.75) is 6.92 Å². The van der Waals surface area contributed by atoms with Crippen molar-refractivity contribution in [2.24, 2.45) is 0 Å². The quantitative estimate of drug-likeness (QED) is 0.684. The Morgan fingerprint density at radius 3 is 2.57 bits per heavy atom. The number of benzene rings is 1. The van der Waals surface area contributed by atoms with Gasteiger partial charge in [0.05, 0.1) is 22.4 Å². The number of hydrogen-bond acceptors (Lipinski definition) is 5. The van der Waals surface area contributed by atoms with Crippen LogP contribution in [0.5, 0.6) is 0 Å². The molecule has 0 aliphatic carbocycles. The van der Waals surface area contributed by atoms with Gasteiger partial charge >= 0.3 is 5.97 Å². The number of para-hydroxylation sites is 1. The monoisotopic (exact) mass is 313 g/mol. The fourth-order valence-electron chi connectivity index (χ4n) is 2.64. The number of nitrogens with one attached hydrogen (secondary N) is 1. The number of imide groups is 1. The molecule has 1 aliphatic rings. The highest BCUT2D eigenvalue weighted by molar-refractivity contribution is 6.23. The van der Waals surface area contributed by atoms with E-state index in [-0.39, 0.29) is 28.2 Å². The molecule has 2 aromatic rings. The lowest BCUT2D eigenvalue weighted by molar-refractivity contribution is 0.0696. The Hall–Kier alpha value is -3.42. The molecule has 0 unspecified atom stereocenters. The minimum Gasteiger partial charge on any atom is -0.478 e. The van der Waals surface area contributed by atoms with Gasteiger partial charge in [0.15, 0.2) is 0 Å². The van der Waals surface area contributed by atoms with E-state index < -0.39 is 23.3 Å². The van der Waals surface area contributed by atoms with Crippen LogP contribution in [-0.4, -0.2) is 27.5 Å². The van der Waals surface area contributed by atoms with Gasteiger partial charge in [0.25, 0.3) is 17.4 Å². The summed E-state index contributed by atoms with van der Waals surface area (Å²) in [6.45, 7) is 1.62. The van der Waals surface area contributed by atoms with Gasteiger partial charge in [-0.15, -0.1) is 0 Å². The third-order valence-corrected chi connectivity index (χ3v) is 3.65. The summed E-state index contributed by atoms with van der Waals surface area (Å²) in [5, 5.41) is 11.4. The molecule has 3 rings (SSSR count). The van der Waals surface area contributed by atoms with Gasteiger partial charge in [-0.05, 0) is 18.6 Å². The van der Waals surface area contributed by atoms with Crippen LogP contribution in [0, 0.1) is 6.92 Å². The number of carboxylic acids is 1. The van der Waals surface area contributed by atoms with Crippen LogP contribution in [0.2, 0.25) is 0 Å². The van der Waals surface area contributed by atoms with E-state index in [0.717, 1.165) is 10.6 Å². The number of aryl methyl sites for hydroxylation is 1. The van der Waals surface area contributed by atoms with Crippen LogP contribution in [0.25, 0.3) is 5.69 Å². The lowest BCUT2D eigenvalue weighted by Gasteiger charge is -2.16. The zero-order chi connectivity index (χ0) is 16.9. The van der Waals surface area contributed by atoms with Gasteiger partial charge in [0, 0.05) is 6.07 Å². The van der Waals surface area contributed by atoms with Crippen molar-refractivity contribution in [3.8, 4) is 5.69 Å². The number of anilines is 1. The standard InChI is InChI=1S/C15H11N3O5/c1-6-3-2-4-7(15(22)23)11(6)18-9(19)5-8-10(12(18)16)14(21)17-13(8)20/h2-5H,16H2,1H3,(H,22,23)(H,17,20,21). The Kier molecular flexibility index (Phi) is 3.03. The smallest absolute Gasteiger partial charge is 0.337 e. The normalized spacial score (nSPS) is 12.9. The molecule has 8 heteroatoms. The van der Waals surface area contributed by atoms with Gasteiger partial charge in [-0.3, -0.25) is 24.3 Å². The fourth-order valence-corrected chi connectivity index (χ4v) is 2.64. The molecule has 1 aromatic heterocycles. The fraction of sp³-hybridized carbons (Fsp3) is 0.0667. The van der Waals surface area contributed by atoms with E-state index in [1.54, 1.807) is 13.0 Å². The Bertz CT molecular complexity index is 958. The highest BCUT2D eigenvalue weighted by Gasteiger charge is 2.32. The van der Waals surface area contributed by atoms with Crippen LogP contribution in [-0.2, 0) is 0 Å². The Morgan fingerprint density at radius 2 is 1.91 bits per heavy atom. The SMILES string of the molecule is Cc1cccc(C(=O)O)c1-n1c(N)c2c(cc1=O)C(=O)NC2=O. The van der Waals surface area contributed by atoms with Gasteiger partial charge < -0.3 is 10.8 Å². The van der Waals surface area contributed by atoms with Gasteiger partial charge in [0.2, 0.25) is 0 Å². The van der Waals surface area contributed by atoms with Crippen LogP contribution in [0.15, 0.2) is 29.1 Å². The summed E-state index contributed by atoms with van der Waals surface area (Å²) in [7, 11) is 0. The molecule has 8 nitrogen and oxygen atoms in total. The third kappa shape index (κ3) is 2.00. The van der Waals surface area contributed by atoms with E-state index in [0.29, 0.717) is 5.56 Å². The molecule has 0 radical (unpaired) electrons. The number of carbonyl (C=O) groups excluding carboxylic acids is 2. The number of carboxylic acid groups (broad SMARTS) is 1. The zero-order valence-electron chi connectivity index (χ0n) is 11.9. The number of aromatic nitrogens is 1. The zero-order valence-corrected chi connectivity index (χ0v) is 11.9. The number of amides is 2. The predicted octanol–water partition coefficient (Wildman–Crippen LogP) is 0.310. The summed E-state index contributed by atoms with van der Waals surface area (Å²) in [6.07, 6.45) is 0. The maximum absolute atomic E-state index is 12.4. The molecule has 0 bridgehead atoms. The first-order valence-corrected chi connectivity index (χ1v) is 6.57. The Labute approximate surface area is 129 Å². The van der Waals surface area contributed by atoms with E-state index in [2.05, 4.69) is 5.32 Å². The number of nitrogens with zero attached hydrogens (tertiary/aromatic N) is 1. The molecular formula is C15H11N3O5. The van der Waals surface area contributed by atoms with Crippen molar-refractivity contribution < 1.29 is 19.5 Å². The van der Waals surface area contributed by atoms with E-state index >= 15 is 0 Å². The molecule has 1 aromatic carbocycles. The van der Waals surface area contributed by atoms with Crippen LogP contribution in [0.4, 0.5) is 5.82 Å². The average molecular weight is 313 g/mol. The van der Waals surface area contributed by atoms with Crippen molar-refractivity contribution in [1.82, 2.24) is 9.88 Å². The third-order valence-electron chi connectivity index (χ3n) is 3.65. The summed E-state index contributed by atoms with van der Waals surface area (Å²) in [5.74, 6) is -2.94. The molecule has 23 heavy (non-hydrogen) atoms. The van der Waals surface area contributed by atoms with Gasteiger partial charge in [-0.25, -0.2) is 4.79 Å². The first kappa shape index (κ1) is 14.5. The van der Waals surface area contributed by atoms with Gasteiger partial charge in [-0.2, -0.15) is 0 Å². The molecule has 0 atom stereocenters. The summed E-state index contributed by atoms with van der Waals surface area (Å²) in [4.78, 5) is 47.3. The number of aromatic carboxylic acids is 1. The lowest BCUT2D eigenvalue weighted by Crippen LogP contribution is -2.26. The van der Waals surface area contributed by atoms with E-state index in [1.807, 2.05) is 0 Å². The molecule has 116 valence electrons. The maximum atomic E-state index is 12.4. The second-order valence-corrected chi connectivity index (χ2v) is 5.05. The van der Waals surface area contributed by atoms with Gasteiger partial charge in [0.1, 0.15) is 5.82 Å². The molecule has 0 saturated heterocycles. The second-order valence-electron chi connectivity index (χ2n) is 5.05. The van der Waals surface area contributed by atoms with Crippen LogP contribution in [0.1, 0.15) is 36.6 Å². The summed E-state index contributed by atoms with van der Waals surface area (Å²) >= 11 is 0. The van der Waals surface area contributed by atoms with Crippen molar-refractivity contribution in [3.05, 3.63) is 56.9 Å². The van der Waals surface area contributed by atoms with Crippen molar-refractivity contribution >= 4 is 23.6 Å². The van der Waals surface area contributed by atoms with E-state index in [4.69, 9.17) is 5.73 Å². The summed E-state index contributed by atoms with van der Waals surface area (Å²) < 4.78 is 0.940. The molecule has 0 spiro atoms. The number of fused-ring (bicyclic) bond motifs is 1. The highest BCUT2D eigenvalue weighted by Crippen LogP contribution is 2.26. The van der Waals surface area contributed by atoms with Crippen molar-refractivity contribution in [2.75, 3.05) is 5.73 Å². The Balaban J connectivity index is 2.43. The topological polar surface area (TPSA) is 131 Å². The lowest BCUT2D eigenvalue weighted by atomic mass is 10.1. The first-order valence-electron chi connectivity index (χ1n) is 6.57. The number of nitrogen functional groups attached to an aromatic ring is 1. The van der Waals surface area contributed by atoms with E-state index in [9.17, 15) is 24.3 Å². The van der Waals surface area contributed by atoms with Crippen molar-refractivity contribution in [3.63, 3.8) is 0 Å². The number of nitrogens with two attached hydrogens (primary N) is 1. The van der Waals surface area contributed by atoms with Crippen LogP contribution < -0.4 is 16.6 Å². The van der Waals surface area contributed by atoms with Gasteiger partial charge in [-0.1, -0.05) is 12.1 Å². The molecule has 0 fully saturated rings. The number of pyridine rings is 1. The molecule has 2 amide bonds. The first-order chi connectivity index (χ1) is 10.8. The molecule has 1 aliphatic heterocycles. The minimum absolute atomic E-state index is 0.0671. The minimum atomic E-state index is -1.24. The van der Waals surface area contributed by atoms with Crippen LogP contribution in [0.3, 0.4) is 0 Å². The highest BCUT2D eigenvalue weighted by atomic mass is 16.4. The van der Waals surface area contributed by atoms with Crippen LogP contribution >= 0.6 is 0 Å².